The number of thioether (sulfide) groups is 1. The van der Waals surface area contributed by atoms with Crippen LogP contribution in [-0.2, 0) is 0 Å². The average Bonchev–Trinajstić information content (AvgIpc) is 3.07. The van der Waals surface area contributed by atoms with Crippen molar-refractivity contribution >= 4 is 27.7 Å². The van der Waals surface area contributed by atoms with Crippen LogP contribution in [0.2, 0.25) is 0 Å². The lowest BCUT2D eigenvalue weighted by atomic mass is 9.84. The molecular formula is C17H24BrNS. The Morgan fingerprint density at radius 2 is 2.15 bits per heavy atom. The highest BCUT2D eigenvalue weighted by atomic mass is 79.9. The Balaban J connectivity index is 1.51. The summed E-state index contributed by atoms with van der Waals surface area (Å²) in [7, 11) is 2.12. The summed E-state index contributed by atoms with van der Waals surface area (Å²) >= 11 is 5.62. The standard InChI is InChI=1S/C17H24BrNS/c1-19-15(10-14-9-12-6-7-13(14)8-12)11-20-17-5-3-2-4-16(17)18/h2-5,12-15,19H,6-11H2,1H3. The molecule has 4 atom stereocenters. The molecular weight excluding hydrogens is 330 g/mol. The molecule has 0 radical (unpaired) electrons. The first kappa shape index (κ1) is 14.9. The molecule has 1 aromatic carbocycles. The van der Waals surface area contributed by atoms with Gasteiger partial charge >= 0.3 is 0 Å². The van der Waals surface area contributed by atoms with Crippen molar-refractivity contribution in [2.45, 2.75) is 43.0 Å². The lowest BCUT2D eigenvalue weighted by Gasteiger charge is -2.26. The van der Waals surface area contributed by atoms with Gasteiger partial charge in [-0.3, -0.25) is 0 Å². The predicted molar refractivity (Wildman–Crippen MR) is 91.3 cm³/mol. The highest BCUT2D eigenvalue weighted by Crippen LogP contribution is 2.50. The Morgan fingerprint density at radius 3 is 2.80 bits per heavy atom. The van der Waals surface area contributed by atoms with Gasteiger partial charge in [-0.05, 0) is 78.5 Å². The summed E-state index contributed by atoms with van der Waals surface area (Å²) in [5.74, 6) is 4.28. The number of rotatable bonds is 6. The summed E-state index contributed by atoms with van der Waals surface area (Å²) in [5.41, 5.74) is 0. The van der Waals surface area contributed by atoms with Gasteiger partial charge in [0.2, 0.25) is 0 Å². The molecule has 20 heavy (non-hydrogen) atoms. The molecule has 2 saturated carbocycles. The fourth-order valence-electron chi connectivity index (χ4n) is 4.05. The van der Waals surface area contributed by atoms with E-state index in [2.05, 4.69) is 52.6 Å². The van der Waals surface area contributed by atoms with Crippen LogP contribution in [0.15, 0.2) is 33.6 Å². The minimum absolute atomic E-state index is 0.649. The van der Waals surface area contributed by atoms with Crippen LogP contribution in [0.4, 0.5) is 0 Å². The van der Waals surface area contributed by atoms with Crippen LogP contribution in [0.3, 0.4) is 0 Å². The van der Waals surface area contributed by atoms with E-state index in [1.807, 2.05) is 11.8 Å². The van der Waals surface area contributed by atoms with Crippen molar-refractivity contribution in [2.75, 3.05) is 12.8 Å². The maximum atomic E-state index is 3.64. The van der Waals surface area contributed by atoms with Gasteiger partial charge in [0.15, 0.2) is 0 Å². The Morgan fingerprint density at radius 1 is 1.30 bits per heavy atom. The molecule has 4 unspecified atom stereocenters. The quantitative estimate of drug-likeness (QED) is 0.725. The van der Waals surface area contributed by atoms with Gasteiger partial charge in [0.1, 0.15) is 0 Å². The second kappa shape index (κ2) is 6.85. The van der Waals surface area contributed by atoms with Crippen molar-refractivity contribution in [2.24, 2.45) is 17.8 Å². The third kappa shape index (κ3) is 3.42. The van der Waals surface area contributed by atoms with Crippen LogP contribution in [0.5, 0.6) is 0 Å². The molecule has 0 spiro atoms. The van der Waals surface area contributed by atoms with E-state index >= 15 is 0 Å². The van der Waals surface area contributed by atoms with Crippen molar-refractivity contribution in [1.82, 2.24) is 5.32 Å². The molecule has 0 saturated heterocycles. The number of fused-ring (bicyclic) bond motifs is 2. The molecule has 2 aliphatic carbocycles. The summed E-state index contributed by atoms with van der Waals surface area (Å²) in [6.45, 7) is 0. The van der Waals surface area contributed by atoms with Gasteiger partial charge in [-0.1, -0.05) is 18.6 Å². The molecule has 0 aliphatic heterocycles. The molecule has 1 aromatic rings. The second-order valence-electron chi connectivity index (χ2n) is 6.40. The fourth-order valence-corrected chi connectivity index (χ4v) is 5.74. The first-order valence-electron chi connectivity index (χ1n) is 7.81. The normalized spacial score (nSPS) is 29.8. The lowest BCUT2D eigenvalue weighted by Crippen LogP contribution is -2.31. The molecule has 110 valence electrons. The Labute approximate surface area is 135 Å². The summed E-state index contributed by atoms with van der Waals surface area (Å²) in [6, 6.07) is 9.19. The fraction of sp³-hybridized carbons (Fsp3) is 0.647. The van der Waals surface area contributed by atoms with E-state index in [9.17, 15) is 0 Å². The Hall–Kier alpha value is 0.01000. The highest BCUT2D eigenvalue weighted by Gasteiger charge is 2.39. The molecule has 0 heterocycles. The van der Waals surface area contributed by atoms with Crippen LogP contribution in [-0.4, -0.2) is 18.8 Å². The number of benzene rings is 1. The van der Waals surface area contributed by atoms with E-state index in [1.165, 1.54) is 47.2 Å². The van der Waals surface area contributed by atoms with Crippen molar-refractivity contribution in [3.8, 4) is 0 Å². The van der Waals surface area contributed by atoms with E-state index in [0.29, 0.717) is 6.04 Å². The van der Waals surface area contributed by atoms with Crippen LogP contribution >= 0.6 is 27.7 Å². The van der Waals surface area contributed by atoms with Gasteiger partial charge in [-0.25, -0.2) is 0 Å². The van der Waals surface area contributed by atoms with Gasteiger partial charge in [-0.2, -0.15) is 0 Å². The van der Waals surface area contributed by atoms with Crippen molar-refractivity contribution in [3.05, 3.63) is 28.7 Å². The number of hydrogen-bond donors (Lipinski definition) is 1. The third-order valence-corrected chi connectivity index (χ3v) is 7.35. The topological polar surface area (TPSA) is 12.0 Å². The van der Waals surface area contributed by atoms with E-state index in [0.717, 1.165) is 17.8 Å². The summed E-state index contributed by atoms with van der Waals surface area (Å²) in [5, 5.41) is 3.54. The van der Waals surface area contributed by atoms with Gasteiger partial charge in [-0.15, -0.1) is 11.8 Å². The van der Waals surface area contributed by atoms with Crippen LogP contribution in [0.1, 0.15) is 32.1 Å². The molecule has 1 N–H and O–H groups in total. The molecule has 2 bridgehead atoms. The maximum Gasteiger partial charge on any atom is 0.0311 e. The summed E-state index contributed by atoms with van der Waals surface area (Å²) in [4.78, 5) is 1.36. The van der Waals surface area contributed by atoms with Gasteiger partial charge in [0, 0.05) is 21.2 Å². The van der Waals surface area contributed by atoms with E-state index in [1.54, 1.807) is 0 Å². The summed E-state index contributed by atoms with van der Waals surface area (Å²) in [6.07, 6.45) is 7.41. The van der Waals surface area contributed by atoms with Crippen molar-refractivity contribution < 1.29 is 0 Å². The summed E-state index contributed by atoms with van der Waals surface area (Å²) < 4.78 is 1.22. The minimum Gasteiger partial charge on any atom is -0.316 e. The SMILES string of the molecule is CNC(CSc1ccccc1Br)CC1CC2CCC1C2. The van der Waals surface area contributed by atoms with Gasteiger partial charge in [0.25, 0.3) is 0 Å². The largest absolute Gasteiger partial charge is 0.316 e. The number of hydrogen-bond acceptors (Lipinski definition) is 2. The lowest BCUT2D eigenvalue weighted by molar-refractivity contribution is 0.290. The first-order valence-corrected chi connectivity index (χ1v) is 9.58. The molecule has 1 nitrogen and oxygen atoms in total. The van der Waals surface area contributed by atoms with Crippen molar-refractivity contribution in [1.29, 1.82) is 0 Å². The maximum absolute atomic E-state index is 3.64. The van der Waals surface area contributed by atoms with E-state index in [4.69, 9.17) is 0 Å². The number of halogens is 1. The van der Waals surface area contributed by atoms with E-state index in [-0.39, 0.29) is 0 Å². The smallest absolute Gasteiger partial charge is 0.0311 e. The zero-order valence-electron chi connectivity index (χ0n) is 12.1. The molecule has 3 rings (SSSR count). The Kier molecular flexibility index (Phi) is 5.11. The van der Waals surface area contributed by atoms with Crippen molar-refractivity contribution in [3.63, 3.8) is 0 Å². The van der Waals surface area contributed by atoms with Crippen LogP contribution in [0, 0.1) is 17.8 Å². The van der Waals surface area contributed by atoms with Gasteiger partial charge in [0.05, 0.1) is 0 Å². The molecule has 2 fully saturated rings. The van der Waals surface area contributed by atoms with Crippen LogP contribution in [0.25, 0.3) is 0 Å². The van der Waals surface area contributed by atoms with E-state index < -0.39 is 0 Å². The first-order chi connectivity index (χ1) is 9.76. The molecule has 2 aliphatic rings. The van der Waals surface area contributed by atoms with Gasteiger partial charge < -0.3 is 5.32 Å². The monoisotopic (exact) mass is 353 g/mol. The minimum atomic E-state index is 0.649. The highest BCUT2D eigenvalue weighted by molar-refractivity contribution is 9.10. The third-order valence-electron chi connectivity index (χ3n) is 5.16. The van der Waals surface area contributed by atoms with Crippen LogP contribution < -0.4 is 5.32 Å². The second-order valence-corrected chi connectivity index (χ2v) is 8.31. The zero-order chi connectivity index (χ0) is 13.9. The molecule has 0 amide bonds. The molecule has 0 aromatic heterocycles. The molecule has 3 heteroatoms. The average molecular weight is 354 g/mol. The zero-order valence-corrected chi connectivity index (χ0v) is 14.6. The number of nitrogens with one attached hydrogen (secondary N) is 1. The predicted octanol–water partition coefficient (Wildman–Crippen LogP) is 4.96. The Bertz CT molecular complexity index is 450.